The van der Waals surface area contributed by atoms with Crippen molar-refractivity contribution in [3.05, 3.63) is 145 Å². The molecule has 2 heterocycles. The predicted octanol–water partition coefficient (Wildman–Crippen LogP) is 5.69. The molecule has 0 aliphatic carbocycles. The molecule has 0 bridgehead atoms. The van der Waals surface area contributed by atoms with E-state index >= 15 is 0 Å². The molecule has 154 valence electrons. The number of pyridine rings is 2. The van der Waals surface area contributed by atoms with Gasteiger partial charge in [-0.05, 0) is 28.3 Å². The molecule has 2 nitrogen and oxygen atoms in total. The van der Waals surface area contributed by atoms with Crippen molar-refractivity contribution in [2.45, 2.75) is 13.1 Å². The molecule has 0 amide bonds. The lowest BCUT2D eigenvalue weighted by atomic mass is 10.1. The summed E-state index contributed by atoms with van der Waals surface area (Å²) in [5.41, 5.74) is 7.59. The van der Waals surface area contributed by atoms with Crippen LogP contribution in [0, 0.1) is 0 Å². The maximum Gasteiger partial charge on any atom is 0.173 e. The van der Waals surface area contributed by atoms with Gasteiger partial charge in [0.15, 0.2) is 37.9 Å². The second kappa shape index (κ2) is 9.40. The smallest absolute Gasteiger partial charge is 0.173 e. The topological polar surface area (TPSA) is 7.76 Å². The van der Waals surface area contributed by atoms with Gasteiger partial charge >= 0.3 is 0 Å². The van der Waals surface area contributed by atoms with E-state index in [1.165, 1.54) is 33.4 Å². The van der Waals surface area contributed by atoms with E-state index in [1.54, 1.807) is 0 Å². The Kier molecular flexibility index (Phi) is 5.85. The van der Waals surface area contributed by atoms with Gasteiger partial charge in [0.1, 0.15) is 0 Å². The van der Waals surface area contributed by atoms with Crippen molar-refractivity contribution in [3.63, 3.8) is 0 Å². The lowest BCUT2D eigenvalue weighted by molar-refractivity contribution is -0.689. The average molecular weight is 415 g/mol. The third-order valence-corrected chi connectivity index (χ3v) is 5.72. The summed E-state index contributed by atoms with van der Waals surface area (Å²) in [6.07, 6.45) is 8.64. The van der Waals surface area contributed by atoms with Crippen LogP contribution in [0.1, 0.15) is 11.1 Å². The maximum absolute atomic E-state index is 2.30. The van der Waals surface area contributed by atoms with Crippen molar-refractivity contribution in [1.82, 2.24) is 0 Å². The second-order valence-electron chi connectivity index (χ2n) is 8.07. The van der Waals surface area contributed by atoms with Crippen LogP contribution in [-0.2, 0) is 13.1 Å². The zero-order valence-corrected chi connectivity index (χ0v) is 18.0. The number of benzene rings is 3. The Balaban J connectivity index is 1.27. The number of hydrogen-bond donors (Lipinski definition) is 0. The predicted molar refractivity (Wildman–Crippen MR) is 129 cm³/mol. The van der Waals surface area contributed by atoms with Crippen molar-refractivity contribution in [3.8, 4) is 22.3 Å². The van der Waals surface area contributed by atoms with Crippen molar-refractivity contribution < 1.29 is 9.13 Å². The van der Waals surface area contributed by atoms with Crippen molar-refractivity contribution >= 4 is 0 Å². The Hall–Kier alpha value is -4.04. The fourth-order valence-electron chi connectivity index (χ4n) is 4.02. The quantitative estimate of drug-likeness (QED) is 0.315. The summed E-state index contributed by atoms with van der Waals surface area (Å²) in [5.74, 6) is 0. The molecule has 3 aromatic carbocycles. The fraction of sp³-hybridized carbons (Fsp3) is 0.0667. The zero-order valence-electron chi connectivity index (χ0n) is 18.0. The molecule has 0 atom stereocenters. The van der Waals surface area contributed by atoms with Gasteiger partial charge in [-0.1, -0.05) is 78.9 Å². The molecule has 2 aromatic heterocycles. The van der Waals surface area contributed by atoms with Crippen LogP contribution in [0.25, 0.3) is 22.3 Å². The van der Waals surface area contributed by atoms with Crippen LogP contribution < -0.4 is 9.13 Å². The standard InChI is InChI=1S/C30H26N2/c1-3-10-27(11-4-1)29-14-18-31(19-15-29)23-25-8-7-9-26(22-25)24-32-20-16-30(17-21-32)28-12-5-2-6-13-28/h1-22H,23-24H2/q+2. The van der Waals surface area contributed by atoms with Gasteiger partial charge in [-0.25, -0.2) is 9.13 Å². The lowest BCUT2D eigenvalue weighted by Crippen LogP contribution is -2.34. The molecule has 0 aliphatic rings. The first kappa shape index (κ1) is 19.9. The summed E-state index contributed by atoms with van der Waals surface area (Å²) in [7, 11) is 0. The maximum atomic E-state index is 2.30. The molecule has 0 unspecified atom stereocenters. The monoisotopic (exact) mass is 414 g/mol. The Morgan fingerprint density at radius 1 is 0.375 bits per heavy atom. The second-order valence-corrected chi connectivity index (χ2v) is 8.07. The van der Waals surface area contributed by atoms with Crippen LogP contribution in [0.3, 0.4) is 0 Å². The van der Waals surface area contributed by atoms with Crippen molar-refractivity contribution in [2.24, 2.45) is 0 Å². The van der Waals surface area contributed by atoms with Crippen LogP contribution in [-0.4, -0.2) is 0 Å². The van der Waals surface area contributed by atoms with E-state index in [0.29, 0.717) is 0 Å². The first-order valence-corrected chi connectivity index (χ1v) is 11.0. The van der Waals surface area contributed by atoms with E-state index in [1.807, 2.05) is 0 Å². The van der Waals surface area contributed by atoms with Gasteiger partial charge in [-0.3, -0.25) is 0 Å². The largest absolute Gasteiger partial charge is 0.201 e. The molecule has 0 N–H and O–H groups in total. The summed E-state index contributed by atoms with van der Waals surface area (Å²) in [5, 5.41) is 0. The highest BCUT2D eigenvalue weighted by molar-refractivity contribution is 5.62. The highest BCUT2D eigenvalue weighted by atomic mass is 14.9. The number of rotatable bonds is 6. The summed E-state index contributed by atoms with van der Waals surface area (Å²) in [4.78, 5) is 0. The van der Waals surface area contributed by atoms with E-state index in [2.05, 4.69) is 143 Å². The van der Waals surface area contributed by atoms with E-state index in [-0.39, 0.29) is 0 Å². The SMILES string of the molecule is c1ccc(-c2cc[n+](Cc3cccc(C[n+]4ccc(-c5ccccc5)cc4)c3)cc2)cc1. The van der Waals surface area contributed by atoms with Crippen molar-refractivity contribution in [1.29, 1.82) is 0 Å². The molecule has 0 saturated carbocycles. The van der Waals surface area contributed by atoms with E-state index < -0.39 is 0 Å². The van der Waals surface area contributed by atoms with Crippen LogP contribution in [0.2, 0.25) is 0 Å². The third kappa shape index (κ3) is 4.81. The van der Waals surface area contributed by atoms with Crippen molar-refractivity contribution in [2.75, 3.05) is 0 Å². The van der Waals surface area contributed by atoms with E-state index in [4.69, 9.17) is 0 Å². The summed E-state index contributed by atoms with van der Waals surface area (Å²) in [6.45, 7) is 1.72. The van der Waals surface area contributed by atoms with Crippen LogP contribution in [0.15, 0.2) is 134 Å². The zero-order chi connectivity index (χ0) is 21.6. The molecule has 0 fully saturated rings. The fourth-order valence-corrected chi connectivity index (χ4v) is 4.02. The van der Waals surface area contributed by atoms with Gasteiger partial charge in [0, 0.05) is 35.4 Å². The molecule has 0 radical (unpaired) electrons. The van der Waals surface area contributed by atoms with Gasteiger partial charge in [0.05, 0.1) is 0 Å². The van der Waals surface area contributed by atoms with Crippen LogP contribution in [0.4, 0.5) is 0 Å². The molecule has 32 heavy (non-hydrogen) atoms. The highest BCUT2D eigenvalue weighted by Gasteiger charge is 2.08. The number of hydrogen-bond acceptors (Lipinski definition) is 0. The minimum atomic E-state index is 0.862. The minimum absolute atomic E-state index is 0.862. The summed E-state index contributed by atoms with van der Waals surface area (Å²) < 4.78 is 4.46. The van der Waals surface area contributed by atoms with Crippen LogP contribution in [0.5, 0.6) is 0 Å². The highest BCUT2D eigenvalue weighted by Crippen LogP contribution is 2.18. The summed E-state index contributed by atoms with van der Waals surface area (Å²) >= 11 is 0. The Morgan fingerprint density at radius 2 is 0.750 bits per heavy atom. The summed E-state index contributed by atoms with van der Waals surface area (Å²) in [6, 6.07) is 38.6. The number of aromatic nitrogens is 2. The molecule has 5 aromatic rings. The minimum Gasteiger partial charge on any atom is -0.201 e. The lowest BCUT2D eigenvalue weighted by Gasteiger charge is -2.04. The van der Waals surface area contributed by atoms with Crippen LogP contribution >= 0.6 is 0 Å². The normalized spacial score (nSPS) is 10.8. The average Bonchev–Trinajstić information content (AvgIpc) is 2.86. The van der Waals surface area contributed by atoms with Gasteiger partial charge in [-0.15, -0.1) is 0 Å². The molecule has 0 aliphatic heterocycles. The Bertz CT molecular complexity index is 1180. The molecule has 5 rings (SSSR count). The molecular weight excluding hydrogens is 388 g/mol. The van der Waals surface area contributed by atoms with E-state index in [9.17, 15) is 0 Å². The van der Waals surface area contributed by atoms with Gasteiger partial charge in [0.2, 0.25) is 0 Å². The first-order chi connectivity index (χ1) is 15.8. The van der Waals surface area contributed by atoms with Gasteiger partial charge < -0.3 is 0 Å². The molecule has 2 heteroatoms. The Morgan fingerprint density at radius 3 is 1.16 bits per heavy atom. The Labute approximate surface area is 189 Å². The molecular formula is C30H26N2+2. The van der Waals surface area contributed by atoms with Gasteiger partial charge in [0.25, 0.3) is 0 Å². The molecule has 0 spiro atoms. The van der Waals surface area contributed by atoms with Gasteiger partial charge in [-0.2, -0.15) is 0 Å². The first-order valence-electron chi connectivity index (χ1n) is 11.0. The van der Waals surface area contributed by atoms with E-state index in [0.717, 1.165) is 13.1 Å². The number of nitrogens with zero attached hydrogens (tertiary/aromatic N) is 2. The third-order valence-electron chi connectivity index (χ3n) is 5.72. The molecule has 0 saturated heterocycles.